The van der Waals surface area contributed by atoms with E-state index in [1.165, 1.54) is 12.1 Å². The smallest absolute Gasteiger partial charge is 0.328 e. The molecule has 33 heavy (non-hydrogen) atoms. The number of carboxylic acid groups (broad SMARTS) is 1. The molecule has 3 nitrogen and oxygen atoms in total. The van der Waals surface area contributed by atoms with Crippen LogP contribution in [0.3, 0.4) is 0 Å². The Kier molecular flexibility index (Phi) is 6.68. The molecule has 0 aliphatic heterocycles. The van der Waals surface area contributed by atoms with Gasteiger partial charge in [-0.15, -0.1) is 0 Å². The zero-order valence-electron chi connectivity index (χ0n) is 17.7. The van der Waals surface area contributed by atoms with Crippen LogP contribution in [0.1, 0.15) is 35.6 Å². The molecule has 0 atom stereocenters. The average molecular weight is 480 g/mol. The van der Waals surface area contributed by atoms with Crippen LogP contribution in [0.15, 0.2) is 72.9 Å². The van der Waals surface area contributed by atoms with E-state index in [0.29, 0.717) is 22.0 Å². The summed E-state index contributed by atoms with van der Waals surface area (Å²) < 4.78 is 14.9. The summed E-state index contributed by atoms with van der Waals surface area (Å²) in [6, 6.07) is 18.1. The highest BCUT2D eigenvalue weighted by molar-refractivity contribution is 6.36. The van der Waals surface area contributed by atoms with Crippen LogP contribution in [0.5, 0.6) is 0 Å². The van der Waals surface area contributed by atoms with Crippen molar-refractivity contribution in [3.63, 3.8) is 0 Å². The second-order valence-corrected chi connectivity index (χ2v) is 8.37. The standard InChI is InChI=1S/C27H20Cl2FNO2/c1-2-21(22-9-8-20(28)15-23(22)29)26(17-6-3-16(4-7-17)5-10-25(32)33)19-13-18-11-12-31-27(18)24(30)14-19/h3-15,31H,2H2,1H3,(H,32,33)/b10-5+,26-21+. The molecule has 1 heterocycles. The Morgan fingerprint density at radius 1 is 1.03 bits per heavy atom. The van der Waals surface area contributed by atoms with E-state index in [9.17, 15) is 9.18 Å². The van der Waals surface area contributed by atoms with Gasteiger partial charge in [-0.25, -0.2) is 9.18 Å². The number of carboxylic acids is 1. The van der Waals surface area contributed by atoms with Crippen molar-refractivity contribution in [2.24, 2.45) is 0 Å². The van der Waals surface area contributed by atoms with Gasteiger partial charge in [0, 0.05) is 27.7 Å². The number of H-pyrrole nitrogens is 1. The lowest BCUT2D eigenvalue weighted by Crippen LogP contribution is -1.97. The Labute approximate surface area is 200 Å². The van der Waals surface area contributed by atoms with Crippen LogP contribution in [-0.4, -0.2) is 16.1 Å². The van der Waals surface area contributed by atoms with Gasteiger partial charge < -0.3 is 10.1 Å². The number of fused-ring (bicyclic) bond motifs is 1. The summed E-state index contributed by atoms with van der Waals surface area (Å²) >= 11 is 12.7. The van der Waals surface area contributed by atoms with E-state index in [0.717, 1.165) is 44.9 Å². The van der Waals surface area contributed by atoms with Crippen LogP contribution in [0.2, 0.25) is 10.0 Å². The summed E-state index contributed by atoms with van der Waals surface area (Å²) in [6.07, 6.45) is 4.97. The zero-order chi connectivity index (χ0) is 23.5. The van der Waals surface area contributed by atoms with Gasteiger partial charge in [-0.2, -0.15) is 0 Å². The molecule has 0 saturated heterocycles. The minimum absolute atomic E-state index is 0.344. The third kappa shape index (κ3) is 4.87. The van der Waals surface area contributed by atoms with E-state index in [1.54, 1.807) is 18.3 Å². The van der Waals surface area contributed by atoms with Gasteiger partial charge in [-0.05, 0) is 76.2 Å². The summed E-state index contributed by atoms with van der Waals surface area (Å²) in [5, 5.41) is 10.7. The number of aliphatic carboxylic acids is 1. The van der Waals surface area contributed by atoms with Crippen LogP contribution >= 0.6 is 23.2 Å². The SMILES string of the molecule is CC/C(=C(/c1ccc(/C=C/C(=O)O)cc1)c1cc(F)c2[nH]ccc2c1)c1ccc(Cl)cc1Cl. The molecule has 0 radical (unpaired) electrons. The second kappa shape index (κ2) is 9.65. The molecule has 6 heteroatoms. The van der Waals surface area contributed by atoms with Crippen LogP contribution in [-0.2, 0) is 4.79 Å². The van der Waals surface area contributed by atoms with Gasteiger partial charge in [-0.3, -0.25) is 0 Å². The van der Waals surface area contributed by atoms with E-state index >= 15 is 0 Å². The van der Waals surface area contributed by atoms with Gasteiger partial charge in [0.25, 0.3) is 0 Å². The molecule has 166 valence electrons. The largest absolute Gasteiger partial charge is 0.478 e. The van der Waals surface area contributed by atoms with Gasteiger partial charge in [0.05, 0.1) is 5.52 Å². The maximum atomic E-state index is 14.9. The van der Waals surface area contributed by atoms with E-state index < -0.39 is 5.97 Å². The number of aromatic amines is 1. The van der Waals surface area contributed by atoms with Crippen LogP contribution in [0.25, 0.3) is 28.1 Å². The van der Waals surface area contributed by atoms with Crippen LogP contribution in [0.4, 0.5) is 4.39 Å². The molecule has 0 bridgehead atoms. The van der Waals surface area contributed by atoms with Gasteiger partial charge in [0.2, 0.25) is 0 Å². The number of halogens is 3. The topological polar surface area (TPSA) is 53.1 Å². The molecule has 0 unspecified atom stereocenters. The maximum absolute atomic E-state index is 14.9. The average Bonchev–Trinajstić information content (AvgIpc) is 3.26. The Bertz CT molecular complexity index is 1400. The molecule has 0 spiro atoms. The molecule has 1 aromatic heterocycles. The van der Waals surface area contributed by atoms with Gasteiger partial charge in [0.1, 0.15) is 5.82 Å². The maximum Gasteiger partial charge on any atom is 0.328 e. The number of hydrogen-bond acceptors (Lipinski definition) is 1. The van der Waals surface area contributed by atoms with Crippen molar-refractivity contribution in [2.75, 3.05) is 0 Å². The first-order valence-electron chi connectivity index (χ1n) is 10.3. The van der Waals surface area contributed by atoms with Crippen molar-refractivity contribution >= 4 is 57.3 Å². The number of benzene rings is 3. The highest BCUT2D eigenvalue weighted by atomic mass is 35.5. The number of nitrogens with one attached hydrogen (secondary N) is 1. The monoisotopic (exact) mass is 479 g/mol. The Morgan fingerprint density at radius 3 is 2.45 bits per heavy atom. The number of aromatic nitrogens is 1. The minimum Gasteiger partial charge on any atom is -0.478 e. The Balaban J connectivity index is 1.97. The zero-order valence-corrected chi connectivity index (χ0v) is 19.2. The summed E-state index contributed by atoms with van der Waals surface area (Å²) in [4.78, 5) is 13.8. The van der Waals surface area contributed by atoms with Crippen LogP contribution < -0.4 is 0 Å². The van der Waals surface area contributed by atoms with Crippen molar-refractivity contribution in [1.82, 2.24) is 4.98 Å². The fourth-order valence-corrected chi connectivity index (χ4v) is 4.47. The van der Waals surface area contributed by atoms with E-state index in [-0.39, 0.29) is 5.82 Å². The third-order valence-electron chi connectivity index (χ3n) is 5.43. The summed E-state index contributed by atoms with van der Waals surface area (Å²) in [5.74, 6) is -1.36. The first-order valence-corrected chi connectivity index (χ1v) is 11.1. The molecule has 3 aromatic carbocycles. The summed E-state index contributed by atoms with van der Waals surface area (Å²) in [6.45, 7) is 2.02. The van der Waals surface area contributed by atoms with E-state index in [4.69, 9.17) is 28.3 Å². The van der Waals surface area contributed by atoms with Crippen molar-refractivity contribution in [1.29, 1.82) is 0 Å². The Hall–Kier alpha value is -3.34. The highest BCUT2D eigenvalue weighted by Gasteiger charge is 2.17. The predicted molar refractivity (Wildman–Crippen MR) is 134 cm³/mol. The predicted octanol–water partition coefficient (Wildman–Crippen LogP) is 8.08. The van der Waals surface area contributed by atoms with Gasteiger partial charge >= 0.3 is 5.97 Å². The molecular weight excluding hydrogens is 460 g/mol. The van der Waals surface area contributed by atoms with E-state index in [1.807, 2.05) is 49.4 Å². The van der Waals surface area contributed by atoms with Crippen molar-refractivity contribution < 1.29 is 14.3 Å². The molecule has 4 rings (SSSR count). The molecule has 4 aromatic rings. The van der Waals surface area contributed by atoms with Gasteiger partial charge in [0.15, 0.2) is 0 Å². The summed E-state index contributed by atoms with van der Waals surface area (Å²) in [7, 11) is 0. The minimum atomic E-state index is -1.01. The third-order valence-corrected chi connectivity index (χ3v) is 5.98. The molecule has 0 fully saturated rings. The number of allylic oxidation sites excluding steroid dienone is 1. The normalized spacial score (nSPS) is 12.4. The summed E-state index contributed by atoms with van der Waals surface area (Å²) in [5.41, 5.74) is 5.39. The van der Waals surface area contributed by atoms with E-state index in [2.05, 4.69) is 4.98 Å². The molecule has 0 amide bonds. The lowest BCUT2D eigenvalue weighted by molar-refractivity contribution is -0.131. The molecule has 2 N–H and O–H groups in total. The van der Waals surface area contributed by atoms with Crippen molar-refractivity contribution in [3.05, 3.63) is 111 Å². The number of hydrogen-bond donors (Lipinski definition) is 2. The lowest BCUT2D eigenvalue weighted by atomic mass is 9.87. The number of rotatable bonds is 6. The Morgan fingerprint density at radius 2 is 1.79 bits per heavy atom. The van der Waals surface area contributed by atoms with Crippen molar-refractivity contribution in [2.45, 2.75) is 13.3 Å². The highest BCUT2D eigenvalue weighted by Crippen LogP contribution is 2.39. The molecule has 0 aliphatic rings. The quantitative estimate of drug-likeness (QED) is 0.217. The van der Waals surface area contributed by atoms with Gasteiger partial charge in [-0.1, -0.05) is 60.5 Å². The fourth-order valence-electron chi connectivity index (χ4n) is 3.95. The number of carbonyl (C=O) groups is 1. The first kappa shape index (κ1) is 22.8. The molecular formula is C27H20Cl2FNO2. The molecule has 0 saturated carbocycles. The van der Waals surface area contributed by atoms with Crippen molar-refractivity contribution in [3.8, 4) is 0 Å². The second-order valence-electron chi connectivity index (χ2n) is 7.52. The first-order chi connectivity index (χ1) is 15.9. The van der Waals surface area contributed by atoms with Crippen LogP contribution in [0, 0.1) is 5.82 Å². The lowest BCUT2D eigenvalue weighted by Gasteiger charge is -2.18. The molecule has 0 aliphatic carbocycles. The fraction of sp³-hybridized carbons (Fsp3) is 0.0741.